The van der Waals surface area contributed by atoms with Gasteiger partial charge in [0.05, 0.1) is 5.56 Å². The normalized spacial score (nSPS) is 14.5. The Kier molecular flexibility index (Phi) is 24.2. The van der Waals surface area contributed by atoms with E-state index in [1.54, 1.807) is 39.7 Å². The van der Waals surface area contributed by atoms with E-state index in [9.17, 15) is 9.59 Å². The van der Waals surface area contributed by atoms with Crippen molar-refractivity contribution in [2.24, 2.45) is 11.8 Å². The standard InChI is InChI=1S/C62H90N2O4S2/c1-5-9-13-17-21-23-27-31-35-47(34-29-25-19-15-11-7-3)45-63-59(65)49-39-40-50-57-56(49)52(61(63)67)44-51(53-41-42-55(70-53)54-38-33-43-69-54)58(57)62(68)64(60(50)66)46-48(36-30-26-20-16-12-8-4)37-32-28-24-22-18-14-10-6-2/h33,38-44,47-48H,5-32,34-37,45-46H2,1-4H3. The summed E-state index contributed by atoms with van der Waals surface area (Å²) in [6.45, 7) is 9.82. The maximum atomic E-state index is 15.4. The van der Waals surface area contributed by atoms with Gasteiger partial charge in [-0.15, -0.1) is 22.7 Å². The Morgan fingerprint density at radius 3 is 1.20 bits per heavy atom. The van der Waals surface area contributed by atoms with Gasteiger partial charge in [-0.3, -0.25) is 29.0 Å². The van der Waals surface area contributed by atoms with E-state index in [0.29, 0.717) is 51.7 Å². The van der Waals surface area contributed by atoms with Crippen LogP contribution in [-0.4, -0.2) is 46.5 Å². The lowest BCUT2D eigenvalue weighted by atomic mass is 9.82. The Morgan fingerprint density at radius 1 is 0.386 bits per heavy atom. The maximum Gasteiger partial charge on any atom is 0.262 e. The summed E-state index contributed by atoms with van der Waals surface area (Å²) in [5.74, 6) is -0.741. The highest BCUT2D eigenvalue weighted by Gasteiger charge is 2.42. The second-order valence-electron chi connectivity index (χ2n) is 21.2. The zero-order valence-corrected chi connectivity index (χ0v) is 45.8. The summed E-state index contributed by atoms with van der Waals surface area (Å²) in [5.41, 5.74) is 2.46. The summed E-state index contributed by atoms with van der Waals surface area (Å²) in [6, 6.07) is 13.8. The Labute approximate surface area is 432 Å². The number of amides is 4. The van der Waals surface area contributed by atoms with E-state index >= 15 is 9.59 Å². The highest BCUT2D eigenvalue weighted by Crippen LogP contribution is 2.46. The monoisotopic (exact) mass is 991 g/mol. The van der Waals surface area contributed by atoms with E-state index in [1.165, 1.54) is 159 Å². The molecule has 0 radical (unpaired) electrons. The minimum Gasteiger partial charge on any atom is -0.274 e. The second-order valence-corrected chi connectivity index (χ2v) is 23.2. The lowest BCUT2D eigenvalue weighted by molar-refractivity contribution is 0.0557. The van der Waals surface area contributed by atoms with Gasteiger partial charge in [0.2, 0.25) is 0 Å². The van der Waals surface area contributed by atoms with E-state index in [1.807, 2.05) is 6.07 Å². The third-order valence-electron chi connectivity index (χ3n) is 15.5. The second kappa shape index (κ2) is 30.4. The molecule has 0 aliphatic carbocycles. The molecule has 0 bridgehead atoms. The number of hydrogen-bond acceptors (Lipinski definition) is 6. The molecule has 384 valence electrons. The van der Waals surface area contributed by atoms with Crippen LogP contribution in [-0.2, 0) is 0 Å². The topological polar surface area (TPSA) is 74.8 Å². The van der Waals surface area contributed by atoms with Gasteiger partial charge in [-0.2, -0.15) is 0 Å². The van der Waals surface area contributed by atoms with Gasteiger partial charge in [-0.25, -0.2) is 0 Å². The first-order valence-electron chi connectivity index (χ1n) is 28.8. The van der Waals surface area contributed by atoms with E-state index in [-0.39, 0.29) is 35.5 Å². The SMILES string of the molecule is CCCCCCCCCCC(CCCCCCCC)CN1C(=O)c2ccc3c4c(c(-c5ccc(-c6cccs6)s5)cc(c24)C1=O)C(=O)N(CC(CCCCCCCC)CCCCCCCCCC)C3=O. The Morgan fingerprint density at radius 2 is 0.771 bits per heavy atom. The average molecular weight is 992 g/mol. The van der Waals surface area contributed by atoms with Crippen LogP contribution < -0.4 is 0 Å². The molecule has 2 atom stereocenters. The lowest BCUT2D eigenvalue weighted by Crippen LogP contribution is -2.46. The predicted octanol–water partition coefficient (Wildman–Crippen LogP) is 19.3. The molecule has 2 unspecified atom stereocenters. The summed E-state index contributed by atoms with van der Waals surface area (Å²) in [6.07, 6.45) is 38.5. The van der Waals surface area contributed by atoms with E-state index in [4.69, 9.17) is 0 Å². The lowest BCUT2D eigenvalue weighted by Gasteiger charge is -2.35. The van der Waals surface area contributed by atoms with Crippen molar-refractivity contribution in [3.63, 3.8) is 0 Å². The molecule has 8 heteroatoms. The molecule has 6 rings (SSSR count). The minimum absolute atomic E-state index is 0.219. The number of hydrogen-bond donors (Lipinski definition) is 0. The number of unbranched alkanes of at least 4 members (excludes halogenated alkanes) is 24. The van der Waals surface area contributed by atoms with Gasteiger partial charge in [-0.1, -0.05) is 214 Å². The van der Waals surface area contributed by atoms with Gasteiger partial charge in [0.25, 0.3) is 23.6 Å². The van der Waals surface area contributed by atoms with Crippen LogP contribution in [0.5, 0.6) is 0 Å². The Balaban J connectivity index is 1.30. The summed E-state index contributed by atoms with van der Waals surface area (Å²) in [7, 11) is 0. The van der Waals surface area contributed by atoms with Crippen molar-refractivity contribution >= 4 is 57.1 Å². The number of thiophene rings is 2. The van der Waals surface area contributed by atoms with Gasteiger partial charge in [0.15, 0.2) is 0 Å². The highest BCUT2D eigenvalue weighted by atomic mass is 32.1. The first-order chi connectivity index (χ1) is 34.3. The third-order valence-corrected chi connectivity index (χ3v) is 17.7. The predicted molar refractivity (Wildman–Crippen MR) is 299 cm³/mol. The van der Waals surface area contributed by atoms with Crippen molar-refractivity contribution in [2.75, 3.05) is 13.1 Å². The molecule has 2 aliphatic heterocycles. The summed E-state index contributed by atoms with van der Waals surface area (Å²) in [5, 5.41) is 3.05. The molecule has 2 aromatic heterocycles. The molecule has 0 saturated heterocycles. The number of rotatable bonds is 38. The van der Waals surface area contributed by atoms with Crippen LogP contribution in [0.1, 0.15) is 275 Å². The first kappa shape index (κ1) is 55.7. The summed E-state index contributed by atoms with van der Waals surface area (Å²) in [4.78, 5) is 66.4. The van der Waals surface area contributed by atoms with Crippen molar-refractivity contribution in [3.05, 3.63) is 70.1 Å². The highest BCUT2D eigenvalue weighted by molar-refractivity contribution is 7.23. The molecule has 0 saturated carbocycles. The largest absolute Gasteiger partial charge is 0.274 e. The molecular weight excluding hydrogens is 901 g/mol. The van der Waals surface area contributed by atoms with E-state index < -0.39 is 0 Å². The van der Waals surface area contributed by atoms with E-state index in [2.05, 4.69) is 57.3 Å². The molecule has 0 spiro atoms. The van der Waals surface area contributed by atoms with Crippen LogP contribution >= 0.6 is 22.7 Å². The zero-order chi connectivity index (χ0) is 49.5. The molecule has 4 heterocycles. The molecule has 2 aromatic carbocycles. The van der Waals surface area contributed by atoms with Crippen molar-refractivity contribution in [2.45, 2.75) is 233 Å². The summed E-state index contributed by atoms with van der Waals surface area (Å²) < 4.78 is 0. The molecular formula is C62H90N2O4S2. The van der Waals surface area contributed by atoms with Crippen LogP contribution in [0.4, 0.5) is 0 Å². The van der Waals surface area contributed by atoms with Crippen LogP contribution in [0, 0.1) is 11.8 Å². The molecule has 70 heavy (non-hydrogen) atoms. The Hall–Kier alpha value is -3.62. The fourth-order valence-electron chi connectivity index (χ4n) is 11.4. The van der Waals surface area contributed by atoms with Gasteiger partial charge < -0.3 is 0 Å². The molecule has 4 amide bonds. The number of nitrogens with zero attached hydrogens (tertiary/aromatic N) is 2. The van der Waals surface area contributed by atoms with Crippen LogP contribution in [0.15, 0.2) is 47.8 Å². The molecule has 0 fully saturated rings. The number of imide groups is 2. The fraction of sp³-hybridized carbons (Fsp3) is 0.645. The van der Waals surface area contributed by atoms with Gasteiger partial charge in [0, 0.05) is 60.7 Å². The molecule has 2 aliphatic rings. The number of carbonyl (C=O) groups is 4. The van der Waals surface area contributed by atoms with Gasteiger partial charge in [-0.05, 0) is 79.3 Å². The quantitative estimate of drug-likeness (QED) is 0.0331. The Bertz CT molecular complexity index is 2220. The van der Waals surface area contributed by atoms with Crippen molar-refractivity contribution in [1.29, 1.82) is 0 Å². The zero-order valence-electron chi connectivity index (χ0n) is 44.2. The number of carbonyl (C=O) groups excluding carboxylic acids is 4. The smallest absolute Gasteiger partial charge is 0.262 e. The molecule has 0 N–H and O–H groups in total. The third kappa shape index (κ3) is 15.4. The van der Waals surface area contributed by atoms with Gasteiger partial charge >= 0.3 is 0 Å². The number of benzene rings is 2. The van der Waals surface area contributed by atoms with Crippen molar-refractivity contribution in [3.8, 4) is 20.2 Å². The summed E-state index contributed by atoms with van der Waals surface area (Å²) >= 11 is 3.31. The van der Waals surface area contributed by atoms with Crippen molar-refractivity contribution in [1.82, 2.24) is 9.80 Å². The maximum absolute atomic E-state index is 15.4. The van der Waals surface area contributed by atoms with Gasteiger partial charge in [0.1, 0.15) is 0 Å². The van der Waals surface area contributed by atoms with E-state index in [0.717, 1.165) is 66.0 Å². The van der Waals surface area contributed by atoms with Crippen molar-refractivity contribution < 1.29 is 19.2 Å². The van der Waals surface area contributed by atoms with Crippen LogP contribution in [0.25, 0.3) is 31.0 Å². The molecule has 4 aromatic rings. The minimum atomic E-state index is -0.298. The van der Waals surface area contributed by atoms with Crippen LogP contribution in [0.2, 0.25) is 0 Å². The van der Waals surface area contributed by atoms with Crippen LogP contribution in [0.3, 0.4) is 0 Å². The first-order valence-corrected chi connectivity index (χ1v) is 30.5. The fourth-order valence-corrected chi connectivity index (χ4v) is 13.2. The average Bonchev–Trinajstić information content (AvgIpc) is 4.10. The molecule has 6 nitrogen and oxygen atoms in total.